The van der Waals surface area contributed by atoms with Gasteiger partial charge in [-0.15, -0.1) is 0 Å². The van der Waals surface area contributed by atoms with E-state index in [0.717, 1.165) is 0 Å². The molecule has 0 bridgehead atoms. The zero-order valence-corrected chi connectivity index (χ0v) is 10.1. The molecule has 0 spiro atoms. The molecule has 6 nitrogen and oxygen atoms in total. The van der Waals surface area contributed by atoms with Crippen molar-refractivity contribution < 1.29 is 58.7 Å². The van der Waals surface area contributed by atoms with Gasteiger partial charge in [0, 0.05) is 0 Å². The van der Waals surface area contributed by atoms with Gasteiger partial charge in [0.2, 0.25) is 0 Å². The fourth-order valence-electron chi connectivity index (χ4n) is 0.464. The van der Waals surface area contributed by atoms with Crippen LogP contribution in [0.5, 0.6) is 11.5 Å². The Morgan fingerprint density at radius 2 is 1.21 bits per heavy atom. The van der Waals surface area contributed by atoms with E-state index in [1.165, 1.54) is 12.1 Å². The SMILES string of the molecule is O=S(=O)(O)O.Oc1ccccc1O.[H-].[Na+]. The van der Waals surface area contributed by atoms with E-state index in [1.54, 1.807) is 12.1 Å². The van der Waals surface area contributed by atoms with Crippen molar-refractivity contribution in [2.45, 2.75) is 0 Å². The van der Waals surface area contributed by atoms with Crippen LogP contribution < -0.4 is 29.6 Å². The maximum absolute atomic E-state index is 8.74. The standard InChI is InChI=1S/C6H6O2.Na.H2O4S.H/c7-5-3-1-2-4-6(5)8;;1-5(2,3)4;/h1-4,7-8H;;(H2,1,2,3,4);/q;+1;;-1. The second-order valence-corrected chi connectivity index (χ2v) is 2.83. The van der Waals surface area contributed by atoms with Crippen LogP contribution in [0, 0.1) is 0 Å². The van der Waals surface area contributed by atoms with Gasteiger partial charge in [0.15, 0.2) is 11.5 Å². The zero-order valence-electron chi connectivity index (χ0n) is 8.32. The summed E-state index contributed by atoms with van der Waals surface area (Å²) in [6.45, 7) is 0. The molecule has 14 heavy (non-hydrogen) atoms. The first kappa shape index (κ1) is 16.1. The molecule has 0 radical (unpaired) electrons. The molecule has 8 heteroatoms. The Bertz CT molecular complexity index is 339. The van der Waals surface area contributed by atoms with Gasteiger partial charge in [-0.3, -0.25) is 9.11 Å². The van der Waals surface area contributed by atoms with Crippen molar-refractivity contribution in [3.05, 3.63) is 24.3 Å². The quantitative estimate of drug-likeness (QED) is 0.224. The number of aromatic hydroxyl groups is 2. The molecular formula is C6H9NaO6S. The molecule has 0 amide bonds. The van der Waals surface area contributed by atoms with Crippen LogP contribution in [-0.4, -0.2) is 27.7 Å². The Morgan fingerprint density at radius 1 is 1.00 bits per heavy atom. The molecule has 0 heterocycles. The maximum Gasteiger partial charge on any atom is 1.00 e. The number of benzene rings is 1. The second kappa shape index (κ2) is 7.04. The van der Waals surface area contributed by atoms with E-state index in [9.17, 15) is 0 Å². The summed E-state index contributed by atoms with van der Waals surface area (Å²) in [7, 11) is -4.67. The van der Waals surface area contributed by atoms with Gasteiger partial charge in [-0.05, 0) is 12.1 Å². The largest absolute Gasteiger partial charge is 1.00 e. The maximum atomic E-state index is 8.74. The van der Waals surface area contributed by atoms with Crippen LogP contribution in [0.25, 0.3) is 0 Å². The summed E-state index contributed by atoms with van der Waals surface area (Å²) in [5.41, 5.74) is 0. The van der Waals surface area contributed by atoms with E-state index in [0.29, 0.717) is 0 Å². The third-order valence-electron chi connectivity index (χ3n) is 0.882. The smallest absolute Gasteiger partial charge is 1.00 e. The number of phenols is 2. The van der Waals surface area contributed by atoms with Gasteiger partial charge in [0.1, 0.15) is 0 Å². The van der Waals surface area contributed by atoms with Crippen molar-refractivity contribution in [3.8, 4) is 11.5 Å². The summed E-state index contributed by atoms with van der Waals surface area (Å²) in [6.07, 6.45) is 0. The number of hydrogen-bond acceptors (Lipinski definition) is 4. The third-order valence-corrected chi connectivity index (χ3v) is 0.882. The number of hydrogen-bond donors (Lipinski definition) is 4. The van der Waals surface area contributed by atoms with Gasteiger partial charge in [0.25, 0.3) is 0 Å². The number of phenolic OH excluding ortho intramolecular Hbond substituents is 2. The molecule has 0 aliphatic carbocycles. The van der Waals surface area contributed by atoms with Crippen molar-refractivity contribution >= 4 is 10.4 Å². The van der Waals surface area contributed by atoms with E-state index in [-0.39, 0.29) is 42.5 Å². The topological polar surface area (TPSA) is 115 Å². The molecule has 1 aromatic rings. The molecule has 0 saturated heterocycles. The van der Waals surface area contributed by atoms with Gasteiger partial charge in [-0.25, -0.2) is 0 Å². The van der Waals surface area contributed by atoms with Crippen molar-refractivity contribution in [2.75, 3.05) is 0 Å². The third kappa shape index (κ3) is 11.7. The minimum Gasteiger partial charge on any atom is -1.00 e. The minimum atomic E-state index is -4.67. The minimum absolute atomic E-state index is 0. The molecule has 0 aliphatic heterocycles. The van der Waals surface area contributed by atoms with Crippen LogP contribution in [0.3, 0.4) is 0 Å². The summed E-state index contributed by atoms with van der Waals surface area (Å²) in [5.74, 6) is -0.153. The molecular weight excluding hydrogens is 223 g/mol. The molecule has 76 valence electrons. The molecule has 0 unspecified atom stereocenters. The zero-order chi connectivity index (χ0) is 10.5. The van der Waals surface area contributed by atoms with E-state index >= 15 is 0 Å². The Labute approximate surface area is 105 Å². The van der Waals surface area contributed by atoms with Crippen LogP contribution in [0.4, 0.5) is 0 Å². The van der Waals surface area contributed by atoms with Gasteiger partial charge in [-0.2, -0.15) is 8.42 Å². The van der Waals surface area contributed by atoms with Gasteiger partial charge < -0.3 is 11.6 Å². The van der Waals surface area contributed by atoms with Crippen LogP contribution in [0.2, 0.25) is 0 Å². The first-order valence-electron chi connectivity index (χ1n) is 2.97. The molecule has 0 aliphatic rings. The van der Waals surface area contributed by atoms with E-state index < -0.39 is 10.4 Å². The summed E-state index contributed by atoms with van der Waals surface area (Å²) in [5, 5.41) is 17.3. The average Bonchev–Trinajstić information content (AvgIpc) is 1.92. The molecule has 1 aromatic carbocycles. The monoisotopic (exact) mass is 232 g/mol. The van der Waals surface area contributed by atoms with Crippen LogP contribution in [0.15, 0.2) is 24.3 Å². The Kier molecular flexibility index (Phi) is 8.12. The molecule has 0 atom stereocenters. The predicted octanol–water partition coefficient (Wildman–Crippen LogP) is -2.44. The van der Waals surface area contributed by atoms with E-state index in [1.807, 2.05) is 0 Å². The Hall–Kier alpha value is -0.310. The molecule has 0 aromatic heterocycles. The van der Waals surface area contributed by atoms with Crippen molar-refractivity contribution in [1.29, 1.82) is 0 Å². The fourth-order valence-corrected chi connectivity index (χ4v) is 0.464. The summed E-state index contributed by atoms with van der Waals surface area (Å²) >= 11 is 0. The van der Waals surface area contributed by atoms with Gasteiger partial charge in [-0.1, -0.05) is 12.1 Å². The molecule has 0 fully saturated rings. The molecule has 0 saturated carbocycles. The Balaban J connectivity index is -0.000000185. The van der Waals surface area contributed by atoms with Crippen molar-refractivity contribution in [3.63, 3.8) is 0 Å². The number of rotatable bonds is 0. The normalized spacial score (nSPS) is 9.29. The molecule has 1 rings (SSSR count). The van der Waals surface area contributed by atoms with Crippen LogP contribution in [-0.2, 0) is 10.4 Å². The van der Waals surface area contributed by atoms with Gasteiger partial charge >= 0.3 is 40.0 Å². The van der Waals surface area contributed by atoms with Crippen LogP contribution in [0.1, 0.15) is 1.43 Å². The average molecular weight is 232 g/mol. The Morgan fingerprint density at radius 3 is 1.36 bits per heavy atom. The fraction of sp³-hybridized carbons (Fsp3) is 0. The van der Waals surface area contributed by atoms with Crippen LogP contribution >= 0.6 is 0 Å². The molecule has 4 N–H and O–H groups in total. The van der Waals surface area contributed by atoms with Crippen molar-refractivity contribution in [1.82, 2.24) is 0 Å². The van der Waals surface area contributed by atoms with E-state index in [4.69, 9.17) is 27.7 Å². The summed E-state index contributed by atoms with van der Waals surface area (Å²) < 4.78 is 31.6. The summed E-state index contributed by atoms with van der Waals surface area (Å²) in [6, 6.07) is 6.15. The predicted molar refractivity (Wildman–Crippen MR) is 45.1 cm³/mol. The number of para-hydroxylation sites is 2. The van der Waals surface area contributed by atoms with Gasteiger partial charge in [0.05, 0.1) is 0 Å². The van der Waals surface area contributed by atoms with Crippen molar-refractivity contribution in [2.24, 2.45) is 0 Å². The van der Waals surface area contributed by atoms with E-state index in [2.05, 4.69) is 0 Å². The second-order valence-electron chi connectivity index (χ2n) is 1.94. The first-order chi connectivity index (χ1) is 5.80. The summed E-state index contributed by atoms with van der Waals surface area (Å²) in [4.78, 5) is 0. The first-order valence-corrected chi connectivity index (χ1v) is 4.37.